The molecule has 0 unspecified atom stereocenters. The minimum Gasteiger partial charge on any atom is -0.497 e. The summed E-state index contributed by atoms with van der Waals surface area (Å²) in [4.78, 5) is 0.237. The van der Waals surface area contributed by atoms with Crippen LogP contribution in [0.2, 0.25) is 0 Å². The average molecular weight is 484 g/mol. The van der Waals surface area contributed by atoms with Crippen LogP contribution in [0.25, 0.3) is 0 Å². The third kappa shape index (κ3) is 5.04. The molecular formula is C24H25N3O4S2. The molecule has 0 saturated heterocycles. The van der Waals surface area contributed by atoms with Gasteiger partial charge in [0.15, 0.2) is 5.11 Å². The summed E-state index contributed by atoms with van der Waals surface area (Å²) in [6.07, 6.45) is 1.68. The number of methoxy groups -OCH3 is 2. The van der Waals surface area contributed by atoms with E-state index in [-0.39, 0.29) is 4.90 Å². The van der Waals surface area contributed by atoms with Crippen molar-refractivity contribution in [2.75, 3.05) is 35.7 Å². The Balaban J connectivity index is 1.47. The fourth-order valence-corrected chi connectivity index (χ4v) is 5.54. The normalized spacial score (nSPS) is 13.1. The number of thiocarbonyl (C=S) groups is 1. The van der Waals surface area contributed by atoms with Crippen LogP contribution in [0, 0.1) is 0 Å². The fourth-order valence-electron chi connectivity index (χ4n) is 3.76. The van der Waals surface area contributed by atoms with Crippen LogP contribution in [0.3, 0.4) is 0 Å². The molecule has 33 heavy (non-hydrogen) atoms. The van der Waals surface area contributed by atoms with Crippen LogP contribution in [0.1, 0.15) is 12.0 Å². The van der Waals surface area contributed by atoms with Crippen molar-refractivity contribution >= 4 is 44.4 Å². The molecule has 0 bridgehead atoms. The van der Waals surface area contributed by atoms with Gasteiger partial charge in [0, 0.05) is 36.1 Å². The molecule has 0 radical (unpaired) electrons. The summed E-state index contributed by atoms with van der Waals surface area (Å²) in [5.41, 5.74) is 3.17. The number of ether oxygens (including phenoxy) is 2. The van der Waals surface area contributed by atoms with Crippen LogP contribution in [0.5, 0.6) is 11.5 Å². The average Bonchev–Trinajstić information content (AvgIpc) is 2.83. The lowest BCUT2D eigenvalue weighted by Gasteiger charge is -2.30. The monoisotopic (exact) mass is 483 g/mol. The molecule has 0 aliphatic carbocycles. The fraction of sp³-hybridized carbons (Fsp3) is 0.208. The summed E-state index contributed by atoms with van der Waals surface area (Å²) >= 11 is 5.40. The topological polar surface area (TPSA) is 79.9 Å². The van der Waals surface area contributed by atoms with Crippen LogP contribution in [-0.2, 0) is 16.4 Å². The highest BCUT2D eigenvalue weighted by Gasteiger charge is 2.28. The molecule has 0 amide bonds. The van der Waals surface area contributed by atoms with Crippen molar-refractivity contribution in [3.8, 4) is 11.5 Å². The molecule has 0 aromatic heterocycles. The highest BCUT2D eigenvalue weighted by atomic mass is 32.2. The third-order valence-electron chi connectivity index (χ3n) is 5.38. The Bertz CT molecular complexity index is 1240. The maximum Gasteiger partial charge on any atom is 0.264 e. The molecule has 9 heteroatoms. The molecule has 3 aromatic carbocycles. The number of para-hydroxylation sites is 1. The number of hydrogen-bond donors (Lipinski definition) is 2. The maximum atomic E-state index is 13.3. The predicted molar refractivity (Wildman–Crippen MR) is 135 cm³/mol. The van der Waals surface area contributed by atoms with E-state index in [9.17, 15) is 8.42 Å². The Labute approximate surface area is 199 Å². The maximum absolute atomic E-state index is 13.3. The Morgan fingerprint density at radius 2 is 1.55 bits per heavy atom. The van der Waals surface area contributed by atoms with E-state index >= 15 is 0 Å². The largest absolute Gasteiger partial charge is 0.497 e. The molecule has 2 N–H and O–H groups in total. The lowest BCUT2D eigenvalue weighted by atomic mass is 10.0. The minimum absolute atomic E-state index is 0.237. The van der Waals surface area contributed by atoms with Crippen LogP contribution in [0.15, 0.2) is 71.6 Å². The van der Waals surface area contributed by atoms with Gasteiger partial charge in [0.1, 0.15) is 11.5 Å². The summed E-state index contributed by atoms with van der Waals surface area (Å²) in [6.45, 7) is 0.470. The van der Waals surface area contributed by atoms with Crippen LogP contribution < -0.4 is 24.4 Å². The second kappa shape index (κ2) is 9.68. The number of sulfonamides is 1. The summed E-state index contributed by atoms with van der Waals surface area (Å²) in [6, 6.07) is 19.6. The Morgan fingerprint density at radius 1 is 0.909 bits per heavy atom. The van der Waals surface area contributed by atoms with Crippen molar-refractivity contribution in [1.29, 1.82) is 0 Å². The smallest absolute Gasteiger partial charge is 0.264 e. The van der Waals surface area contributed by atoms with Crippen molar-refractivity contribution in [2.24, 2.45) is 0 Å². The Hall–Kier alpha value is -3.30. The number of anilines is 3. The first-order chi connectivity index (χ1) is 15.9. The molecule has 0 fully saturated rings. The Morgan fingerprint density at radius 3 is 2.21 bits per heavy atom. The first-order valence-corrected chi connectivity index (χ1v) is 12.3. The van der Waals surface area contributed by atoms with Crippen LogP contribution in [0.4, 0.5) is 17.1 Å². The summed E-state index contributed by atoms with van der Waals surface area (Å²) in [5.74, 6) is 1.27. The number of nitrogens with zero attached hydrogens (tertiary/aromatic N) is 1. The quantitative estimate of drug-likeness (QED) is 0.494. The van der Waals surface area contributed by atoms with E-state index in [4.69, 9.17) is 21.7 Å². The molecule has 1 aliphatic heterocycles. The zero-order chi connectivity index (χ0) is 23.4. The first kappa shape index (κ1) is 22.9. The van der Waals surface area contributed by atoms with Gasteiger partial charge in [-0.25, -0.2) is 8.42 Å². The number of benzene rings is 3. The summed E-state index contributed by atoms with van der Waals surface area (Å²) < 4.78 is 38.6. The summed E-state index contributed by atoms with van der Waals surface area (Å²) in [7, 11) is -0.502. The highest BCUT2D eigenvalue weighted by molar-refractivity contribution is 7.92. The van der Waals surface area contributed by atoms with Crippen molar-refractivity contribution in [3.63, 3.8) is 0 Å². The van der Waals surface area contributed by atoms with Crippen LogP contribution in [-0.4, -0.2) is 34.3 Å². The van der Waals surface area contributed by atoms with E-state index in [1.54, 1.807) is 56.7 Å². The third-order valence-corrected chi connectivity index (χ3v) is 7.41. The first-order valence-electron chi connectivity index (χ1n) is 10.4. The van der Waals surface area contributed by atoms with Gasteiger partial charge in [-0.3, -0.25) is 4.31 Å². The molecule has 172 valence electrons. The van der Waals surface area contributed by atoms with Crippen molar-refractivity contribution in [3.05, 3.63) is 72.3 Å². The number of hydrogen-bond acceptors (Lipinski definition) is 5. The molecular weight excluding hydrogens is 458 g/mol. The van der Waals surface area contributed by atoms with E-state index in [1.807, 2.05) is 24.3 Å². The zero-order valence-electron chi connectivity index (χ0n) is 18.4. The van der Waals surface area contributed by atoms with Gasteiger partial charge in [-0.15, -0.1) is 0 Å². The second-order valence-corrected chi connectivity index (χ2v) is 9.78. The molecule has 3 aromatic rings. The summed E-state index contributed by atoms with van der Waals surface area (Å²) in [5, 5.41) is 6.50. The van der Waals surface area contributed by atoms with Gasteiger partial charge in [0.25, 0.3) is 10.0 Å². The van der Waals surface area contributed by atoms with Gasteiger partial charge in [-0.2, -0.15) is 0 Å². The SMILES string of the molecule is COc1cc(NC(=S)Nc2ccc(S(=O)(=O)N3CCCc4ccccc43)cc2)cc(OC)c1. The minimum atomic E-state index is -3.66. The van der Waals surface area contributed by atoms with Gasteiger partial charge in [-0.1, -0.05) is 18.2 Å². The molecule has 0 spiro atoms. The van der Waals surface area contributed by atoms with Crippen molar-refractivity contribution < 1.29 is 17.9 Å². The number of rotatable bonds is 6. The van der Waals surface area contributed by atoms with Gasteiger partial charge in [0.05, 0.1) is 24.8 Å². The van der Waals surface area contributed by atoms with E-state index in [1.165, 1.54) is 4.31 Å². The van der Waals surface area contributed by atoms with Crippen LogP contribution >= 0.6 is 12.2 Å². The Kier molecular flexibility index (Phi) is 6.71. The number of aryl methyl sites for hydroxylation is 1. The lowest BCUT2D eigenvalue weighted by Crippen LogP contribution is -2.35. The van der Waals surface area contributed by atoms with E-state index in [0.29, 0.717) is 34.5 Å². The van der Waals surface area contributed by atoms with Gasteiger partial charge >= 0.3 is 0 Å². The molecule has 0 atom stereocenters. The van der Waals surface area contributed by atoms with E-state index in [2.05, 4.69) is 10.6 Å². The molecule has 1 aliphatic rings. The van der Waals surface area contributed by atoms with Crippen molar-refractivity contribution in [2.45, 2.75) is 17.7 Å². The highest BCUT2D eigenvalue weighted by Crippen LogP contribution is 2.32. The zero-order valence-corrected chi connectivity index (χ0v) is 20.0. The number of nitrogens with one attached hydrogen (secondary N) is 2. The van der Waals surface area contributed by atoms with Gasteiger partial charge in [-0.05, 0) is 61.0 Å². The standard InChI is InChI=1S/C24H25N3O4S2/c1-30-20-14-19(15-21(16-20)31-2)26-24(32)25-18-9-11-22(12-10-18)33(28,29)27-13-5-7-17-6-3-4-8-23(17)27/h3-4,6,8-12,14-16H,5,7,13H2,1-2H3,(H2,25,26,32). The van der Waals surface area contributed by atoms with E-state index < -0.39 is 10.0 Å². The molecule has 1 heterocycles. The molecule has 4 rings (SSSR count). The van der Waals surface area contributed by atoms with Crippen molar-refractivity contribution in [1.82, 2.24) is 0 Å². The van der Waals surface area contributed by atoms with Gasteiger partial charge in [0.2, 0.25) is 0 Å². The molecule has 0 saturated carbocycles. The lowest BCUT2D eigenvalue weighted by molar-refractivity contribution is 0.395. The predicted octanol–water partition coefficient (Wildman–Crippen LogP) is 4.65. The molecule has 7 nitrogen and oxygen atoms in total. The second-order valence-electron chi connectivity index (χ2n) is 7.51. The number of fused-ring (bicyclic) bond motifs is 1. The van der Waals surface area contributed by atoms with Gasteiger partial charge < -0.3 is 20.1 Å². The van der Waals surface area contributed by atoms with E-state index in [0.717, 1.165) is 24.1 Å².